The summed E-state index contributed by atoms with van der Waals surface area (Å²) in [5.74, 6) is -2.55. The molecular weight excluding hydrogens is 504 g/mol. The van der Waals surface area contributed by atoms with Gasteiger partial charge in [0.1, 0.15) is 18.2 Å². The van der Waals surface area contributed by atoms with Crippen molar-refractivity contribution in [3.8, 4) is 11.5 Å². The second-order valence-corrected chi connectivity index (χ2v) is 9.87. The standard InChI is InChI=1S/C28H36N4O7/c1-16(2)13-21(31-27(36)25(34)19(29)11-12-39-24-10-6-5-9-23(24)33)26(35)32-22(28(37)38)14-17-15-30-20-8-4-3-7-18(17)20/h3-10,15-16,19,21-22,25,30,33-34H,11-14,29H2,1-2H3,(H,31,36)(H,32,35)(H,37,38)/t19-,21+,22+,25+/m1/s1. The van der Waals surface area contributed by atoms with Gasteiger partial charge in [-0.2, -0.15) is 0 Å². The lowest BCUT2D eigenvalue weighted by Crippen LogP contribution is -2.56. The lowest BCUT2D eigenvalue weighted by molar-refractivity contribution is -0.142. The van der Waals surface area contributed by atoms with Crippen molar-refractivity contribution in [1.82, 2.24) is 15.6 Å². The maximum absolute atomic E-state index is 13.1. The number of hydrogen-bond donors (Lipinski definition) is 7. The predicted molar refractivity (Wildman–Crippen MR) is 145 cm³/mol. The van der Waals surface area contributed by atoms with Crippen LogP contribution in [0.3, 0.4) is 0 Å². The Kier molecular flexibility index (Phi) is 10.3. The van der Waals surface area contributed by atoms with Crippen LogP contribution in [0, 0.1) is 5.92 Å². The van der Waals surface area contributed by atoms with Crippen molar-refractivity contribution in [2.45, 2.75) is 57.3 Å². The van der Waals surface area contributed by atoms with Crippen LogP contribution in [0.1, 0.15) is 32.3 Å². The Bertz CT molecular complexity index is 1280. The minimum Gasteiger partial charge on any atom is -0.504 e. The number of H-pyrrole nitrogens is 1. The van der Waals surface area contributed by atoms with Crippen LogP contribution in [0.15, 0.2) is 54.7 Å². The van der Waals surface area contributed by atoms with Crippen molar-refractivity contribution in [3.05, 3.63) is 60.3 Å². The summed E-state index contributed by atoms with van der Waals surface area (Å²) < 4.78 is 5.45. The number of benzene rings is 2. The van der Waals surface area contributed by atoms with Gasteiger partial charge in [-0.15, -0.1) is 0 Å². The third kappa shape index (κ3) is 8.20. The first-order valence-electron chi connectivity index (χ1n) is 12.8. The number of amides is 2. The van der Waals surface area contributed by atoms with Gasteiger partial charge in [-0.05, 0) is 42.5 Å². The molecule has 0 aliphatic rings. The minimum absolute atomic E-state index is 0.0179. The Balaban J connectivity index is 1.60. The molecular formula is C28H36N4O7. The highest BCUT2D eigenvalue weighted by molar-refractivity contribution is 5.92. The number of phenolic OH excluding ortho intramolecular Hbond substituents is 1. The molecule has 11 nitrogen and oxygen atoms in total. The highest BCUT2D eigenvalue weighted by Crippen LogP contribution is 2.24. The van der Waals surface area contributed by atoms with Crippen molar-refractivity contribution in [3.63, 3.8) is 0 Å². The van der Waals surface area contributed by atoms with E-state index in [2.05, 4.69) is 15.6 Å². The van der Waals surface area contributed by atoms with Crippen molar-refractivity contribution in [1.29, 1.82) is 0 Å². The van der Waals surface area contributed by atoms with Gasteiger partial charge in [-0.3, -0.25) is 9.59 Å². The van der Waals surface area contributed by atoms with Gasteiger partial charge in [0.25, 0.3) is 5.91 Å². The van der Waals surface area contributed by atoms with E-state index in [1.165, 1.54) is 6.07 Å². The number of rotatable bonds is 14. The fraction of sp³-hybridized carbons (Fsp3) is 0.393. The van der Waals surface area contributed by atoms with Gasteiger partial charge in [-0.25, -0.2) is 4.79 Å². The summed E-state index contributed by atoms with van der Waals surface area (Å²) in [7, 11) is 0. The van der Waals surface area contributed by atoms with Gasteiger partial charge >= 0.3 is 5.97 Å². The number of para-hydroxylation sites is 3. The molecule has 0 radical (unpaired) electrons. The van der Waals surface area contributed by atoms with E-state index in [-0.39, 0.29) is 43.3 Å². The molecule has 0 aliphatic heterocycles. The molecule has 11 heteroatoms. The number of phenols is 1. The van der Waals surface area contributed by atoms with E-state index in [4.69, 9.17) is 10.5 Å². The molecule has 0 aliphatic carbocycles. The third-order valence-corrected chi connectivity index (χ3v) is 6.30. The van der Waals surface area contributed by atoms with E-state index in [1.54, 1.807) is 24.4 Å². The number of ether oxygens (including phenoxy) is 1. The smallest absolute Gasteiger partial charge is 0.326 e. The number of aromatic hydroxyl groups is 1. The van der Waals surface area contributed by atoms with E-state index >= 15 is 0 Å². The average molecular weight is 541 g/mol. The fourth-order valence-corrected chi connectivity index (χ4v) is 4.19. The van der Waals surface area contributed by atoms with Crippen molar-refractivity contribution in [2.75, 3.05) is 6.61 Å². The average Bonchev–Trinajstić information content (AvgIpc) is 3.30. The number of carbonyl (C=O) groups is 3. The number of carbonyl (C=O) groups excluding carboxylic acids is 2. The Labute approximate surface area is 226 Å². The molecule has 4 atom stereocenters. The zero-order chi connectivity index (χ0) is 28.5. The molecule has 2 amide bonds. The number of aliphatic hydroxyl groups is 1. The highest BCUT2D eigenvalue weighted by atomic mass is 16.5. The van der Waals surface area contributed by atoms with E-state index in [0.717, 1.165) is 16.5 Å². The topological polar surface area (TPSA) is 187 Å². The molecule has 2 aromatic carbocycles. The van der Waals surface area contributed by atoms with Crippen LogP contribution in [-0.2, 0) is 20.8 Å². The van der Waals surface area contributed by atoms with Gasteiger partial charge in [0.15, 0.2) is 11.5 Å². The van der Waals surface area contributed by atoms with Crippen LogP contribution in [-0.4, -0.2) is 68.9 Å². The highest BCUT2D eigenvalue weighted by Gasteiger charge is 2.31. The van der Waals surface area contributed by atoms with Crippen LogP contribution in [0.5, 0.6) is 11.5 Å². The number of aliphatic carboxylic acids is 1. The van der Waals surface area contributed by atoms with Gasteiger partial charge in [0.2, 0.25) is 5.91 Å². The van der Waals surface area contributed by atoms with Crippen LogP contribution in [0.4, 0.5) is 0 Å². The summed E-state index contributed by atoms with van der Waals surface area (Å²) in [6, 6.07) is 10.5. The second-order valence-electron chi connectivity index (χ2n) is 9.87. The molecule has 3 rings (SSSR count). The SMILES string of the molecule is CC(C)C[C@H](NC(=O)[C@@H](O)[C@H](N)CCOc1ccccc1O)C(=O)N[C@@H](Cc1c[nH]c2ccccc12)C(=O)O. The molecule has 0 saturated heterocycles. The van der Waals surface area contributed by atoms with Gasteiger partial charge in [0, 0.05) is 29.6 Å². The number of hydrogen-bond acceptors (Lipinski definition) is 7. The molecule has 1 heterocycles. The third-order valence-electron chi connectivity index (χ3n) is 6.30. The van der Waals surface area contributed by atoms with E-state index in [9.17, 15) is 29.7 Å². The Morgan fingerprint density at radius 1 is 1.00 bits per heavy atom. The number of nitrogens with two attached hydrogens (primary N) is 1. The summed E-state index contributed by atoms with van der Waals surface area (Å²) in [5.41, 5.74) is 7.56. The van der Waals surface area contributed by atoms with Gasteiger partial charge < -0.3 is 41.4 Å². The fourth-order valence-electron chi connectivity index (χ4n) is 4.19. The van der Waals surface area contributed by atoms with Crippen molar-refractivity contribution < 1.29 is 34.4 Å². The molecule has 39 heavy (non-hydrogen) atoms. The van der Waals surface area contributed by atoms with E-state index in [0.29, 0.717) is 0 Å². The quantitative estimate of drug-likeness (QED) is 0.161. The second kappa shape index (κ2) is 13.6. The molecule has 8 N–H and O–H groups in total. The van der Waals surface area contributed by atoms with Gasteiger partial charge in [-0.1, -0.05) is 44.2 Å². The molecule has 0 bridgehead atoms. The summed E-state index contributed by atoms with van der Waals surface area (Å²) in [6.07, 6.45) is 0.422. The zero-order valence-electron chi connectivity index (χ0n) is 22.0. The number of aromatic nitrogens is 1. The number of carboxylic acids is 1. The molecule has 1 aromatic heterocycles. The largest absolute Gasteiger partial charge is 0.504 e. The molecule has 0 spiro atoms. The monoisotopic (exact) mass is 540 g/mol. The summed E-state index contributed by atoms with van der Waals surface area (Å²) in [6.45, 7) is 3.74. The van der Waals surface area contributed by atoms with Crippen LogP contribution in [0.2, 0.25) is 0 Å². The predicted octanol–water partition coefficient (Wildman–Crippen LogP) is 1.67. The molecule has 0 fully saturated rings. The molecule has 0 saturated carbocycles. The van der Waals surface area contributed by atoms with Crippen LogP contribution >= 0.6 is 0 Å². The number of aromatic amines is 1. The first-order valence-corrected chi connectivity index (χ1v) is 12.8. The normalized spacial score (nSPS) is 14.4. The first kappa shape index (κ1) is 29.5. The Morgan fingerprint density at radius 3 is 2.36 bits per heavy atom. The maximum Gasteiger partial charge on any atom is 0.326 e. The zero-order valence-corrected chi connectivity index (χ0v) is 22.0. The molecule has 210 valence electrons. The number of fused-ring (bicyclic) bond motifs is 1. The Morgan fingerprint density at radius 2 is 1.67 bits per heavy atom. The maximum atomic E-state index is 13.1. The number of nitrogens with one attached hydrogen (secondary N) is 3. The van der Waals surface area contributed by atoms with Crippen molar-refractivity contribution in [2.24, 2.45) is 11.7 Å². The van der Waals surface area contributed by atoms with E-state index < -0.39 is 42.0 Å². The van der Waals surface area contributed by atoms with Crippen LogP contribution in [0.25, 0.3) is 10.9 Å². The summed E-state index contributed by atoms with van der Waals surface area (Å²) in [5, 5.41) is 35.9. The minimum atomic E-state index is -1.64. The van der Waals surface area contributed by atoms with Crippen LogP contribution < -0.4 is 21.1 Å². The van der Waals surface area contributed by atoms with Gasteiger partial charge in [0.05, 0.1) is 6.61 Å². The van der Waals surface area contributed by atoms with E-state index in [1.807, 2.05) is 38.1 Å². The lowest BCUT2D eigenvalue weighted by atomic mass is 10.0. The number of carboxylic acid groups (broad SMARTS) is 1. The molecule has 3 aromatic rings. The lowest BCUT2D eigenvalue weighted by Gasteiger charge is -2.25. The Hall–Kier alpha value is -4.09. The number of aliphatic hydroxyl groups excluding tert-OH is 1. The summed E-state index contributed by atoms with van der Waals surface area (Å²) >= 11 is 0. The van der Waals surface area contributed by atoms with Crippen molar-refractivity contribution >= 4 is 28.7 Å². The first-order chi connectivity index (χ1) is 18.6. The summed E-state index contributed by atoms with van der Waals surface area (Å²) in [4.78, 5) is 41.0. The molecule has 0 unspecified atom stereocenters.